The lowest BCUT2D eigenvalue weighted by atomic mass is 9.94. The number of hydrogen-bond acceptors (Lipinski definition) is 3. The third-order valence-corrected chi connectivity index (χ3v) is 3.57. The average Bonchev–Trinajstić information content (AvgIpc) is 2.36. The van der Waals surface area contributed by atoms with Gasteiger partial charge in [-0.3, -0.25) is 9.59 Å². The zero-order valence-corrected chi connectivity index (χ0v) is 11.3. The van der Waals surface area contributed by atoms with Crippen molar-refractivity contribution < 1.29 is 14.7 Å². The van der Waals surface area contributed by atoms with Gasteiger partial charge in [-0.05, 0) is 38.8 Å². The third-order valence-electron chi connectivity index (χ3n) is 3.57. The van der Waals surface area contributed by atoms with Crippen LogP contribution in [-0.4, -0.2) is 48.1 Å². The third kappa shape index (κ3) is 4.64. The van der Waals surface area contributed by atoms with Crippen LogP contribution in [0.4, 0.5) is 0 Å². The van der Waals surface area contributed by atoms with E-state index in [2.05, 4.69) is 5.32 Å². The molecule has 0 spiro atoms. The molecule has 2 N–H and O–H groups in total. The Morgan fingerprint density at radius 3 is 2.50 bits per heavy atom. The van der Waals surface area contributed by atoms with E-state index >= 15 is 0 Å². The van der Waals surface area contributed by atoms with Crippen molar-refractivity contribution >= 4 is 11.9 Å². The van der Waals surface area contributed by atoms with E-state index in [0.29, 0.717) is 25.4 Å². The highest BCUT2D eigenvalue weighted by Crippen LogP contribution is 2.17. The zero-order valence-electron chi connectivity index (χ0n) is 11.3. The molecule has 18 heavy (non-hydrogen) atoms. The van der Waals surface area contributed by atoms with Crippen molar-refractivity contribution in [2.45, 2.75) is 33.1 Å². The molecule has 0 radical (unpaired) electrons. The summed E-state index contributed by atoms with van der Waals surface area (Å²) in [7, 11) is 0. The minimum atomic E-state index is -0.844. The fourth-order valence-corrected chi connectivity index (χ4v) is 2.28. The molecule has 1 atom stereocenters. The summed E-state index contributed by atoms with van der Waals surface area (Å²) >= 11 is 0. The molecule has 1 heterocycles. The van der Waals surface area contributed by atoms with Gasteiger partial charge < -0.3 is 15.3 Å². The molecule has 1 rings (SSSR count). The number of rotatable bonds is 6. The molecule has 5 heteroatoms. The van der Waals surface area contributed by atoms with Crippen LogP contribution in [0, 0.1) is 11.8 Å². The monoisotopic (exact) mass is 256 g/mol. The first kappa shape index (κ1) is 15.0. The maximum absolute atomic E-state index is 12.1. The number of aliphatic carboxylic acids is 1. The summed E-state index contributed by atoms with van der Waals surface area (Å²) < 4.78 is 0. The van der Waals surface area contributed by atoms with Crippen molar-refractivity contribution in [3.05, 3.63) is 0 Å². The first-order chi connectivity index (χ1) is 8.54. The van der Waals surface area contributed by atoms with Gasteiger partial charge in [0.05, 0.1) is 5.92 Å². The van der Waals surface area contributed by atoms with Crippen molar-refractivity contribution in [3.63, 3.8) is 0 Å². The molecule has 5 nitrogen and oxygen atoms in total. The van der Waals surface area contributed by atoms with Crippen LogP contribution in [0.25, 0.3) is 0 Å². The predicted molar refractivity (Wildman–Crippen MR) is 69.3 cm³/mol. The molecular formula is C13H24N2O3. The Morgan fingerprint density at radius 2 is 2.00 bits per heavy atom. The van der Waals surface area contributed by atoms with Crippen molar-refractivity contribution in [2.75, 3.05) is 26.2 Å². The number of piperidine rings is 1. The lowest BCUT2D eigenvalue weighted by Gasteiger charge is -2.27. The zero-order chi connectivity index (χ0) is 13.5. The summed E-state index contributed by atoms with van der Waals surface area (Å²) in [5.41, 5.74) is 0. The highest BCUT2D eigenvalue weighted by Gasteiger charge is 2.23. The fourth-order valence-electron chi connectivity index (χ4n) is 2.28. The van der Waals surface area contributed by atoms with Gasteiger partial charge in [-0.25, -0.2) is 0 Å². The molecule has 1 fully saturated rings. The smallest absolute Gasteiger partial charge is 0.308 e. The molecule has 0 aromatic carbocycles. The first-order valence-corrected chi connectivity index (χ1v) is 6.75. The van der Waals surface area contributed by atoms with Gasteiger partial charge in [0.25, 0.3) is 0 Å². The lowest BCUT2D eigenvalue weighted by Crippen LogP contribution is -2.39. The summed E-state index contributed by atoms with van der Waals surface area (Å²) in [6.07, 6.45) is 2.64. The SMILES string of the molecule is CCN(CC(C)C(=O)O)C(=O)CC1CCNCC1. The van der Waals surface area contributed by atoms with Crippen molar-refractivity contribution in [2.24, 2.45) is 11.8 Å². The van der Waals surface area contributed by atoms with Crippen LogP contribution in [0.1, 0.15) is 33.1 Å². The molecule has 1 aliphatic heterocycles. The molecule has 1 amide bonds. The Balaban J connectivity index is 2.43. The van der Waals surface area contributed by atoms with Gasteiger partial charge in [-0.15, -0.1) is 0 Å². The molecule has 0 saturated carbocycles. The van der Waals surface area contributed by atoms with Crippen LogP contribution >= 0.6 is 0 Å². The summed E-state index contributed by atoms with van der Waals surface area (Å²) in [6.45, 7) is 6.40. The number of hydrogen-bond donors (Lipinski definition) is 2. The number of carbonyl (C=O) groups is 2. The summed E-state index contributed by atoms with van der Waals surface area (Å²) in [5.74, 6) is -0.796. The number of amides is 1. The predicted octanol–water partition coefficient (Wildman–Crippen LogP) is 0.945. The Labute approximate surface area is 109 Å². The van der Waals surface area contributed by atoms with Crippen LogP contribution in [0.5, 0.6) is 0 Å². The highest BCUT2D eigenvalue weighted by atomic mass is 16.4. The molecule has 0 bridgehead atoms. The van der Waals surface area contributed by atoms with Crippen molar-refractivity contribution in [1.82, 2.24) is 10.2 Å². The molecular weight excluding hydrogens is 232 g/mol. The maximum atomic E-state index is 12.1. The van der Waals surface area contributed by atoms with Crippen LogP contribution < -0.4 is 5.32 Å². The van der Waals surface area contributed by atoms with E-state index in [-0.39, 0.29) is 5.91 Å². The Hall–Kier alpha value is -1.10. The second-order valence-electron chi connectivity index (χ2n) is 5.07. The Morgan fingerprint density at radius 1 is 1.39 bits per heavy atom. The topological polar surface area (TPSA) is 69.6 Å². The van der Waals surface area contributed by atoms with Gasteiger partial charge in [-0.1, -0.05) is 6.92 Å². The van der Waals surface area contributed by atoms with Gasteiger partial charge in [0.1, 0.15) is 0 Å². The van der Waals surface area contributed by atoms with E-state index in [1.807, 2.05) is 6.92 Å². The quantitative estimate of drug-likeness (QED) is 0.742. The van der Waals surface area contributed by atoms with E-state index in [9.17, 15) is 9.59 Å². The standard InChI is InChI=1S/C13H24N2O3/c1-3-15(9-10(2)13(17)18)12(16)8-11-4-6-14-7-5-11/h10-11,14H,3-9H2,1-2H3,(H,17,18). The second kappa shape index (κ2) is 7.36. The first-order valence-electron chi connectivity index (χ1n) is 6.75. The molecule has 0 aliphatic carbocycles. The number of carboxylic acid groups (broad SMARTS) is 1. The van der Waals surface area contributed by atoms with Crippen LogP contribution in [0.15, 0.2) is 0 Å². The minimum Gasteiger partial charge on any atom is -0.481 e. The largest absolute Gasteiger partial charge is 0.481 e. The van der Waals surface area contributed by atoms with Crippen molar-refractivity contribution in [1.29, 1.82) is 0 Å². The maximum Gasteiger partial charge on any atom is 0.308 e. The molecule has 0 aromatic rings. The number of carbonyl (C=O) groups excluding carboxylic acids is 1. The summed E-state index contributed by atoms with van der Waals surface area (Å²) in [5, 5.41) is 12.2. The van der Waals surface area contributed by atoms with Gasteiger partial charge in [0.2, 0.25) is 5.91 Å². The molecule has 0 aromatic heterocycles. The van der Waals surface area contributed by atoms with Gasteiger partial charge in [-0.2, -0.15) is 0 Å². The highest BCUT2D eigenvalue weighted by molar-refractivity contribution is 5.77. The average molecular weight is 256 g/mol. The van der Waals surface area contributed by atoms with Crippen molar-refractivity contribution in [3.8, 4) is 0 Å². The van der Waals surface area contributed by atoms with Crippen LogP contribution in [0.3, 0.4) is 0 Å². The molecule has 104 valence electrons. The normalized spacial score (nSPS) is 18.3. The molecule has 1 aliphatic rings. The number of nitrogens with zero attached hydrogens (tertiary/aromatic N) is 1. The van der Waals surface area contributed by atoms with Gasteiger partial charge in [0, 0.05) is 19.5 Å². The van der Waals surface area contributed by atoms with Gasteiger partial charge >= 0.3 is 5.97 Å². The Kier molecular flexibility index (Phi) is 6.12. The summed E-state index contributed by atoms with van der Waals surface area (Å²) in [4.78, 5) is 24.6. The number of nitrogens with one attached hydrogen (secondary N) is 1. The van der Waals surface area contributed by atoms with Crippen LogP contribution in [-0.2, 0) is 9.59 Å². The van der Waals surface area contributed by atoms with E-state index in [4.69, 9.17) is 5.11 Å². The van der Waals surface area contributed by atoms with Gasteiger partial charge in [0.15, 0.2) is 0 Å². The molecule has 1 unspecified atom stereocenters. The molecule has 1 saturated heterocycles. The number of carboxylic acids is 1. The van der Waals surface area contributed by atoms with E-state index in [0.717, 1.165) is 25.9 Å². The van der Waals surface area contributed by atoms with E-state index < -0.39 is 11.9 Å². The summed E-state index contributed by atoms with van der Waals surface area (Å²) in [6, 6.07) is 0. The second-order valence-corrected chi connectivity index (χ2v) is 5.07. The van der Waals surface area contributed by atoms with Crippen LogP contribution in [0.2, 0.25) is 0 Å². The van der Waals surface area contributed by atoms with E-state index in [1.54, 1.807) is 11.8 Å². The minimum absolute atomic E-state index is 0.0949. The fraction of sp³-hybridized carbons (Fsp3) is 0.846. The Bertz CT molecular complexity index is 288. The van der Waals surface area contributed by atoms with E-state index in [1.165, 1.54) is 0 Å². The lowest BCUT2D eigenvalue weighted by molar-refractivity contribution is -0.143.